The highest BCUT2D eigenvalue weighted by atomic mass is 16.5. The number of hydrogen-bond donors (Lipinski definition) is 1. The Kier molecular flexibility index (Phi) is 5.77. The van der Waals surface area contributed by atoms with Crippen molar-refractivity contribution in [2.24, 2.45) is 5.92 Å². The van der Waals surface area contributed by atoms with Crippen molar-refractivity contribution in [3.8, 4) is 5.75 Å². The second kappa shape index (κ2) is 7.79. The molecule has 1 N–H and O–H groups in total. The minimum Gasteiger partial charge on any atom is -0.497 e. The molecule has 1 fully saturated rings. The van der Waals surface area contributed by atoms with E-state index in [4.69, 9.17) is 9.47 Å². The van der Waals surface area contributed by atoms with Crippen molar-refractivity contribution < 1.29 is 19.1 Å². The van der Waals surface area contributed by atoms with E-state index in [9.17, 15) is 9.59 Å². The zero-order chi connectivity index (χ0) is 15.9. The molecule has 1 saturated heterocycles. The van der Waals surface area contributed by atoms with Gasteiger partial charge in [-0.15, -0.1) is 0 Å². The van der Waals surface area contributed by atoms with Gasteiger partial charge in [-0.3, -0.25) is 9.59 Å². The molecule has 6 nitrogen and oxygen atoms in total. The highest BCUT2D eigenvalue weighted by Gasteiger charge is 2.33. The number of nitrogens with zero attached hydrogens (tertiary/aromatic N) is 1. The summed E-state index contributed by atoms with van der Waals surface area (Å²) >= 11 is 0. The third-order valence-electron chi connectivity index (χ3n) is 3.78. The summed E-state index contributed by atoms with van der Waals surface area (Å²) in [5.41, 5.74) is 0.995. The Bertz CT molecular complexity index is 515. The monoisotopic (exact) mass is 306 g/mol. The second-order valence-electron chi connectivity index (χ2n) is 5.30. The summed E-state index contributed by atoms with van der Waals surface area (Å²) in [5.74, 6) is 0.443. The van der Waals surface area contributed by atoms with E-state index in [1.165, 1.54) is 0 Å². The van der Waals surface area contributed by atoms with Crippen molar-refractivity contribution >= 4 is 11.8 Å². The zero-order valence-corrected chi connectivity index (χ0v) is 13.0. The molecule has 1 aromatic rings. The molecule has 1 aliphatic heterocycles. The van der Waals surface area contributed by atoms with Crippen LogP contribution >= 0.6 is 0 Å². The molecule has 120 valence electrons. The van der Waals surface area contributed by atoms with E-state index in [2.05, 4.69) is 5.32 Å². The van der Waals surface area contributed by atoms with Gasteiger partial charge < -0.3 is 19.7 Å². The summed E-state index contributed by atoms with van der Waals surface area (Å²) in [6.07, 6.45) is 0.276. The van der Waals surface area contributed by atoms with Crippen LogP contribution in [0.15, 0.2) is 24.3 Å². The summed E-state index contributed by atoms with van der Waals surface area (Å²) in [5, 5.41) is 2.89. The molecule has 1 unspecified atom stereocenters. The maximum absolute atomic E-state index is 12.2. The Morgan fingerprint density at radius 1 is 1.32 bits per heavy atom. The largest absolute Gasteiger partial charge is 0.497 e. The van der Waals surface area contributed by atoms with Crippen molar-refractivity contribution in [1.82, 2.24) is 10.2 Å². The van der Waals surface area contributed by atoms with Crippen LogP contribution in [0.5, 0.6) is 5.75 Å². The van der Waals surface area contributed by atoms with E-state index in [1.54, 1.807) is 19.1 Å². The summed E-state index contributed by atoms with van der Waals surface area (Å²) in [6.45, 7) is 1.95. The summed E-state index contributed by atoms with van der Waals surface area (Å²) in [6, 6.07) is 7.52. The van der Waals surface area contributed by atoms with Gasteiger partial charge in [0.15, 0.2) is 0 Å². The molecule has 0 spiro atoms. The van der Waals surface area contributed by atoms with Crippen LogP contribution in [0.2, 0.25) is 0 Å². The highest BCUT2D eigenvalue weighted by Crippen LogP contribution is 2.18. The van der Waals surface area contributed by atoms with E-state index in [1.807, 2.05) is 24.3 Å². The molecule has 0 saturated carbocycles. The highest BCUT2D eigenvalue weighted by molar-refractivity contribution is 5.89. The van der Waals surface area contributed by atoms with E-state index < -0.39 is 0 Å². The van der Waals surface area contributed by atoms with Gasteiger partial charge in [0.2, 0.25) is 11.8 Å². The van der Waals surface area contributed by atoms with Crippen molar-refractivity contribution in [3.63, 3.8) is 0 Å². The number of rotatable bonds is 7. The maximum Gasteiger partial charge on any atom is 0.225 e. The molecule has 0 bridgehead atoms. The molecule has 22 heavy (non-hydrogen) atoms. The average molecular weight is 306 g/mol. The van der Waals surface area contributed by atoms with E-state index in [0.29, 0.717) is 26.2 Å². The number of amides is 2. The Balaban J connectivity index is 1.81. The first kappa shape index (κ1) is 16.3. The van der Waals surface area contributed by atoms with E-state index in [-0.39, 0.29) is 24.2 Å². The van der Waals surface area contributed by atoms with Crippen molar-refractivity contribution in [1.29, 1.82) is 0 Å². The molecule has 1 heterocycles. The van der Waals surface area contributed by atoms with Crippen molar-refractivity contribution in [2.75, 3.05) is 33.9 Å². The number of likely N-dealkylation sites (tertiary alicyclic amines) is 1. The molecule has 0 radical (unpaired) electrons. The number of hydrogen-bond acceptors (Lipinski definition) is 4. The number of ether oxygens (including phenoxy) is 2. The van der Waals surface area contributed by atoms with Crippen molar-refractivity contribution in [3.05, 3.63) is 29.8 Å². The van der Waals surface area contributed by atoms with E-state index >= 15 is 0 Å². The van der Waals surface area contributed by atoms with Crippen LogP contribution in [0.25, 0.3) is 0 Å². The van der Waals surface area contributed by atoms with Crippen LogP contribution < -0.4 is 10.1 Å². The normalized spacial score (nSPS) is 17.6. The van der Waals surface area contributed by atoms with Gasteiger partial charge in [0.1, 0.15) is 5.75 Å². The van der Waals surface area contributed by atoms with E-state index in [0.717, 1.165) is 11.3 Å². The van der Waals surface area contributed by atoms with Gasteiger partial charge in [-0.05, 0) is 17.7 Å². The topological polar surface area (TPSA) is 67.9 Å². The fourth-order valence-electron chi connectivity index (χ4n) is 2.44. The number of benzene rings is 1. The van der Waals surface area contributed by atoms with Gasteiger partial charge in [0.25, 0.3) is 0 Å². The molecule has 6 heteroatoms. The minimum atomic E-state index is -0.275. The molecule has 1 aromatic carbocycles. The Hall–Kier alpha value is -2.08. The quantitative estimate of drug-likeness (QED) is 0.809. The fraction of sp³-hybridized carbons (Fsp3) is 0.500. The van der Waals surface area contributed by atoms with Gasteiger partial charge in [-0.1, -0.05) is 12.1 Å². The Morgan fingerprint density at radius 3 is 2.68 bits per heavy atom. The molecular weight excluding hydrogens is 284 g/mol. The summed E-state index contributed by atoms with van der Waals surface area (Å²) in [4.78, 5) is 25.7. The molecule has 2 amide bonds. The molecule has 1 aliphatic rings. The third kappa shape index (κ3) is 4.21. The molecule has 1 atom stereocenters. The van der Waals surface area contributed by atoms with Gasteiger partial charge in [-0.25, -0.2) is 0 Å². The predicted octanol–water partition coefficient (Wildman–Crippen LogP) is 0.806. The van der Waals surface area contributed by atoms with Crippen LogP contribution in [-0.2, 0) is 20.9 Å². The third-order valence-corrected chi connectivity index (χ3v) is 3.78. The first-order valence-electron chi connectivity index (χ1n) is 7.31. The lowest BCUT2D eigenvalue weighted by Crippen LogP contribution is -2.33. The Morgan fingerprint density at radius 2 is 2.05 bits per heavy atom. The lowest BCUT2D eigenvalue weighted by Gasteiger charge is -2.15. The minimum absolute atomic E-state index is 0.0154. The number of methoxy groups -OCH3 is 2. The fourth-order valence-corrected chi connectivity index (χ4v) is 2.44. The molecule has 0 aromatic heterocycles. The SMILES string of the molecule is COCCN1CC(C(=O)NCc2ccc(OC)cc2)CC1=O. The van der Waals surface area contributed by atoms with Crippen LogP contribution in [0, 0.1) is 5.92 Å². The number of carbonyl (C=O) groups excluding carboxylic acids is 2. The van der Waals surface area contributed by atoms with Crippen LogP contribution in [0.1, 0.15) is 12.0 Å². The van der Waals surface area contributed by atoms with Gasteiger partial charge in [-0.2, -0.15) is 0 Å². The second-order valence-corrected chi connectivity index (χ2v) is 5.30. The number of carbonyl (C=O) groups is 2. The van der Waals surface area contributed by atoms with Crippen molar-refractivity contribution in [2.45, 2.75) is 13.0 Å². The van der Waals surface area contributed by atoms with Crippen LogP contribution in [0.3, 0.4) is 0 Å². The standard InChI is InChI=1S/C16H22N2O4/c1-21-8-7-18-11-13(9-15(18)19)16(20)17-10-12-3-5-14(22-2)6-4-12/h3-6,13H,7-11H2,1-2H3,(H,17,20). The first-order valence-corrected chi connectivity index (χ1v) is 7.31. The smallest absolute Gasteiger partial charge is 0.225 e. The van der Waals surface area contributed by atoms with Crippen LogP contribution in [0.4, 0.5) is 0 Å². The zero-order valence-electron chi connectivity index (χ0n) is 13.0. The molecule has 0 aliphatic carbocycles. The summed E-state index contributed by atoms with van der Waals surface area (Å²) < 4.78 is 10.1. The molecular formula is C16H22N2O4. The maximum atomic E-state index is 12.2. The van der Waals surface area contributed by atoms with Gasteiger partial charge in [0, 0.05) is 33.2 Å². The Labute approximate surface area is 130 Å². The predicted molar refractivity (Wildman–Crippen MR) is 81.4 cm³/mol. The average Bonchev–Trinajstić information content (AvgIpc) is 2.92. The summed E-state index contributed by atoms with van der Waals surface area (Å²) in [7, 11) is 3.21. The first-order chi connectivity index (χ1) is 10.6. The molecule has 2 rings (SSSR count). The number of nitrogens with one attached hydrogen (secondary N) is 1. The van der Waals surface area contributed by atoms with Crippen LogP contribution in [-0.4, -0.2) is 50.6 Å². The van der Waals surface area contributed by atoms with Gasteiger partial charge in [0.05, 0.1) is 19.6 Å². The lowest BCUT2D eigenvalue weighted by atomic mass is 10.1. The van der Waals surface area contributed by atoms with Gasteiger partial charge >= 0.3 is 0 Å². The lowest BCUT2D eigenvalue weighted by molar-refractivity contribution is -0.129.